The van der Waals surface area contributed by atoms with Gasteiger partial charge in [0.2, 0.25) is 5.91 Å². The smallest absolute Gasteiger partial charge is 0.241 e. The molecule has 1 N–H and O–H groups in total. The predicted molar refractivity (Wildman–Crippen MR) is 59.4 cm³/mol. The van der Waals surface area contributed by atoms with Gasteiger partial charge in [0.25, 0.3) is 0 Å². The number of nitrogens with one attached hydrogen (secondary N) is 1. The monoisotopic (exact) mass is 221 g/mol. The minimum Gasteiger partial charge on any atom is -0.495 e. The Hall–Kier alpha value is -1.16. The molecule has 1 aromatic carbocycles. The lowest BCUT2D eigenvalue weighted by Crippen LogP contribution is -2.30. The van der Waals surface area contributed by atoms with Gasteiger partial charge in [0, 0.05) is 4.90 Å². The zero-order chi connectivity index (χ0) is 10.5. The van der Waals surface area contributed by atoms with E-state index in [0.717, 1.165) is 29.2 Å². The summed E-state index contributed by atoms with van der Waals surface area (Å²) in [6.45, 7) is 0. The number of anilines is 1. The van der Waals surface area contributed by atoms with Gasteiger partial charge in [0.15, 0.2) is 0 Å². The van der Waals surface area contributed by atoms with Crippen molar-refractivity contribution in [2.75, 3.05) is 12.4 Å². The predicted octanol–water partition coefficient (Wildman–Crippen LogP) is 2.27. The van der Waals surface area contributed by atoms with Gasteiger partial charge in [0.1, 0.15) is 5.75 Å². The van der Waals surface area contributed by atoms with E-state index in [4.69, 9.17) is 4.74 Å². The summed E-state index contributed by atoms with van der Waals surface area (Å²) in [6, 6.07) is 5.85. The third-order valence-corrected chi connectivity index (χ3v) is 4.41. The van der Waals surface area contributed by atoms with Crippen LogP contribution in [0.25, 0.3) is 0 Å². The van der Waals surface area contributed by atoms with Crippen LogP contribution in [0.1, 0.15) is 12.8 Å². The Bertz CT molecular complexity index is 440. The van der Waals surface area contributed by atoms with Crippen molar-refractivity contribution in [3.63, 3.8) is 0 Å². The number of amides is 1. The summed E-state index contributed by atoms with van der Waals surface area (Å²) in [5, 5.41) is 2.95. The molecule has 1 aliphatic heterocycles. The number of hydrogen-bond donors (Lipinski definition) is 1. The summed E-state index contributed by atoms with van der Waals surface area (Å²) in [6.07, 6.45) is 1.97. The maximum Gasteiger partial charge on any atom is 0.241 e. The Morgan fingerprint density at radius 1 is 1.47 bits per heavy atom. The molecule has 3 rings (SSSR count). The fourth-order valence-electron chi connectivity index (χ4n) is 1.82. The lowest BCUT2D eigenvalue weighted by atomic mass is 10.2. The molecule has 0 radical (unpaired) electrons. The molecule has 1 saturated carbocycles. The normalized spacial score (nSPS) is 20.7. The summed E-state index contributed by atoms with van der Waals surface area (Å²) >= 11 is 1.67. The minimum atomic E-state index is -0.167. The topological polar surface area (TPSA) is 38.3 Å². The van der Waals surface area contributed by atoms with E-state index in [1.54, 1.807) is 18.9 Å². The van der Waals surface area contributed by atoms with E-state index in [-0.39, 0.29) is 10.7 Å². The molecule has 1 heterocycles. The summed E-state index contributed by atoms with van der Waals surface area (Å²) < 4.78 is 5.05. The van der Waals surface area contributed by atoms with E-state index in [0.29, 0.717) is 0 Å². The minimum absolute atomic E-state index is 0.129. The summed E-state index contributed by atoms with van der Waals surface area (Å²) in [5.74, 6) is 0.869. The van der Waals surface area contributed by atoms with Crippen molar-refractivity contribution in [2.45, 2.75) is 22.5 Å². The number of carbonyl (C=O) groups is 1. The number of para-hydroxylation sites is 1. The Kier molecular flexibility index (Phi) is 1.77. The summed E-state index contributed by atoms with van der Waals surface area (Å²) in [7, 11) is 1.62. The molecule has 1 aromatic rings. The first-order valence-electron chi connectivity index (χ1n) is 4.93. The van der Waals surface area contributed by atoms with Crippen molar-refractivity contribution in [3.05, 3.63) is 18.2 Å². The molecule has 4 heteroatoms. The maximum atomic E-state index is 11.8. The van der Waals surface area contributed by atoms with Crippen LogP contribution in [0.2, 0.25) is 0 Å². The van der Waals surface area contributed by atoms with Crippen molar-refractivity contribution >= 4 is 23.4 Å². The van der Waals surface area contributed by atoms with Crippen LogP contribution in [0, 0.1) is 0 Å². The highest BCUT2D eigenvalue weighted by atomic mass is 32.2. The highest BCUT2D eigenvalue weighted by Crippen LogP contribution is 2.57. The van der Waals surface area contributed by atoms with Crippen LogP contribution in [0.5, 0.6) is 5.75 Å². The number of benzene rings is 1. The Morgan fingerprint density at radius 3 is 2.93 bits per heavy atom. The second-order valence-electron chi connectivity index (χ2n) is 3.88. The van der Waals surface area contributed by atoms with Crippen LogP contribution in [-0.2, 0) is 4.79 Å². The van der Waals surface area contributed by atoms with Gasteiger partial charge in [-0.2, -0.15) is 0 Å². The van der Waals surface area contributed by atoms with Crippen molar-refractivity contribution in [1.82, 2.24) is 0 Å². The fourth-order valence-corrected chi connectivity index (χ4v) is 3.09. The molecule has 1 fully saturated rings. The average molecular weight is 221 g/mol. The van der Waals surface area contributed by atoms with Crippen molar-refractivity contribution in [1.29, 1.82) is 0 Å². The standard InChI is InChI=1S/C11H11NO2S/c1-14-7-3-2-4-8-9(7)12-10(13)11(15-8)5-6-11/h2-4H,5-6H2,1H3,(H,12,13). The number of carbonyl (C=O) groups excluding carboxylic acids is 1. The molecule has 0 aromatic heterocycles. The Balaban J connectivity index is 2.08. The van der Waals surface area contributed by atoms with Gasteiger partial charge >= 0.3 is 0 Å². The molecule has 1 amide bonds. The van der Waals surface area contributed by atoms with Gasteiger partial charge in [-0.3, -0.25) is 4.79 Å². The Labute approximate surface area is 92.2 Å². The van der Waals surface area contributed by atoms with Crippen LogP contribution < -0.4 is 10.1 Å². The van der Waals surface area contributed by atoms with E-state index >= 15 is 0 Å². The number of ether oxygens (including phenoxy) is 1. The maximum absolute atomic E-state index is 11.8. The van der Waals surface area contributed by atoms with Crippen LogP contribution in [0.15, 0.2) is 23.1 Å². The average Bonchev–Trinajstić information content (AvgIpc) is 3.00. The van der Waals surface area contributed by atoms with Gasteiger partial charge in [-0.25, -0.2) is 0 Å². The van der Waals surface area contributed by atoms with Crippen molar-refractivity contribution in [3.8, 4) is 5.75 Å². The number of fused-ring (bicyclic) bond motifs is 1. The second-order valence-corrected chi connectivity index (χ2v) is 5.31. The quantitative estimate of drug-likeness (QED) is 0.790. The molecular formula is C11H11NO2S. The van der Waals surface area contributed by atoms with Gasteiger partial charge < -0.3 is 10.1 Å². The number of methoxy groups -OCH3 is 1. The summed E-state index contributed by atoms with van der Waals surface area (Å²) in [5.41, 5.74) is 0.826. The van der Waals surface area contributed by atoms with Gasteiger partial charge in [-0.1, -0.05) is 6.07 Å². The molecule has 2 aliphatic rings. The van der Waals surface area contributed by atoms with Crippen molar-refractivity contribution in [2.24, 2.45) is 0 Å². The first kappa shape index (κ1) is 9.09. The van der Waals surface area contributed by atoms with E-state index in [9.17, 15) is 4.79 Å². The molecule has 15 heavy (non-hydrogen) atoms. The molecule has 1 aliphatic carbocycles. The molecule has 0 atom stereocenters. The van der Waals surface area contributed by atoms with Gasteiger partial charge in [0.05, 0.1) is 17.5 Å². The number of hydrogen-bond acceptors (Lipinski definition) is 3. The Morgan fingerprint density at radius 2 is 2.27 bits per heavy atom. The molecule has 3 nitrogen and oxygen atoms in total. The third kappa shape index (κ3) is 1.24. The fraction of sp³-hybridized carbons (Fsp3) is 0.364. The van der Waals surface area contributed by atoms with E-state index in [2.05, 4.69) is 5.32 Å². The highest BCUT2D eigenvalue weighted by molar-refractivity contribution is 8.02. The van der Waals surface area contributed by atoms with Gasteiger partial charge in [-0.05, 0) is 25.0 Å². The SMILES string of the molecule is COc1cccc2c1NC(=O)C1(CC1)S2. The second kappa shape index (κ2) is 2.92. The highest BCUT2D eigenvalue weighted by Gasteiger charge is 2.53. The summed E-state index contributed by atoms with van der Waals surface area (Å²) in [4.78, 5) is 12.9. The molecule has 1 spiro atoms. The van der Waals surface area contributed by atoms with Gasteiger partial charge in [-0.15, -0.1) is 11.8 Å². The van der Waals surface area contributed by atoms with Crippen molar-refractivity contribution < 1.29 is 9.53 Å². The number of rotatable bonds is 1. The molecule has 78 valence electrons. The lowest BCUT2D eigenvalue weighted by molar-refractivity contribution is -0.116. The molecule has 0 saturated heterocycles. The first-order chi connectivity index (χ1) is 7.25. The van der Waals surface area contributed by atoms with E-state index in [1.807, 2.05) is 18.2 Å². The molecule has 0 bridgehead atoms. The van der Waals surface area contributed by atoms with Crippen LogP contribution in [0.4, 0.5) is 5.69 Å². The third-order valence-electron chi connectivity index (χ3n) is 2.87. The molecular weight excluding hydrogens is 210 g/mol. The molecule has 0 unspecified atom stereocenters. The van der Waals surface area contributed by atoms with E-state index < -0.39 is 0 Å². The van der Waals surface area contributed by atoms with Crippen LogP contribution in [-0.4, -0.2) is 17.8 Å². The van der Waals surface area contributed by atoms with Crippen LogP contribution >= 0.6 is 11.8 Å². The largest absolute Gasteiger partial charge is 0.495 e. The lowest BCUT2D eigenvalue weighted by Gasteiger charge is -2.24. The first-order valence-corrected chi connectivity index (χ1v) is 5.74. The zero-order valence-electron chi connectivity index (χ0n) is 8.37. The number of thioether (sulfide) groups is 1. The van der Waals surface area contributed by atoms with Crippen LogP contribution in [0.3, 0.4) is 0 Å². The zero-order valence-corrected chi connectivity index (χ0v) is 9.19. The van der Waals surface area contributed by atoms with E-state index in [1.165, 1.54) is 0 Å².